The Bertz CT molecular complexity index is 1020. The van der Waals surface area contributed by atoms with Crippen LogP contribution >= 0.6 is 0 Å². The second-order valence-corrected chi connectivity index (χ2v) is 7.18. The van der Waals surface area contributed by atoms with E-state index in [9.17, 15) is 9.18 Å². The second-order valence-electron chi connectivity index (χ2n) is 7.18. The molecule has 1 amide bonds. The van der Waals surface area contributed by atoms with Crippen LogP contribution < -0.4 is 15.0 Å². The molecule has 4 rings (SSSR count). The number of hydrogen-bond donors (Lipinski definition) is 1. The molecule has 0 aliphatic carbocycles. The lowest BCUT2D eigenvalue weighted by molar-refractivity contribution is -0.133. The van der Waals surface area contributed by atoms with E-state index in [1.54, 1.807) is 4.90 Å². The Kier molecular flexibility index (Phi) is 6.21. The summed E-state index contributed by atoms with van der Waals surface area (Å²) in [5.74, 6) is 2.13. The fourth-order valence-corrected chi connectivity index (χ4v) is 3.26. The molecule has 3 heterocycles. The number of carbonyl (C=O) groups excluding carboxylic acids is 1. The largest absolute Gasteiger partial charge is 0.484 e. The van der Waals surface area contributed by atoms with Crippen molar-refractivity contribution in [2.75, 3.05) is 43.0 Å². The summed E-state index contributed by atoms with van der Waals surface area (Å²) < 4.78 is 18.4. The maximum atomic E-state index is 12.9. The zero-order valence-electron chi connectivity index (χ0n) is 17.2. The standard InChI is InChI=1S/C22H23FN6O2/c1-16-3-2-4-19(24-16)25-20-9-10-21(27-26-20)28-11-13-29(14-12-28)22(30)15-31-18-7-5-17(23)6-8-18/h2-10H,11-15H2,1H3,(H,24,25,26). The average Bonchev–Trinajstić information content (AvgIpc) is 2.79. The zero-order chi connectivity index (χ0) is 21.6. The van der Waals surface area contributed by atoms with Crippen LogP contribution in [0, 0.1) is 12.7 Å². The van der Waals surface area contributed by atoms with Crippen molar-refractivity contribution in [1.82, 2.24) is 20.1 Å². The third-order valence-electron chi connectivity index (χ3n) is 4.93. The average molecular weight is 422 g/mol. The van der Waals surface area contributed by atoms with Gasteiger partial charge in [0.15, 0.2) is 18.2 Å². The highest BCUT2D eigenvalue weighted by molar-refractivity contribution is 5.78. The molecule has 1 fully saturated rings. The molecule has 0 bridgehead atoms. The summed E-state index contributed by atoms with van der Waals surface area (Å²) in [6.07, 6.45) is 0. The molecule has 3 aromatic rings. The molecule has 0 atom stereocenters. The van der Waals surface area contributed by atoms with Gasteiger partial charge in [-0.15, -0.1) is 10.2 Å². The Balaban J connectivity index is 1.26. The molecule has 0 saturated carbocycles. The molecule has 1 aliphatic rings. The van der Waals surface area contributed by atoms with Crippen molar-refractivity contribution in [2.45, 2.75) is 6.92 Å². The highest BCUT2D eigenvalue weighted by Gasteiger charge is 2.22. The fourth-order valence-electron chi connectivity index (χ4n) is 3.26. The minimum atomic E-state index is -0.339. The van der Waals surface area contributed by atoms with E-state index in [0.717, 1.165) is 17.3 Å². The molecule has 2 aromatic heterocycles. The topological polar surface area (TPSA) is 83.5 Å². The highest BCUT2D eigenvalue weighted by atomic mass is 19.1. The second kappa shape index (κ2) is 9.38. The number of halogens is 1. The monoisotopic (exact) mass is 422 g/mol. The van der Waals surface area contributed by atoms with Gasteiger partial charge in [0.25, 0.3) is 5.91 Å². The number of benzene rings is 1. The van der Waals surface area contributed by atoms with Crippen LogP contribution in [-0.4, -0.2) is 58.8 Å². The number of aromatic nitrogens is 3. The van der Waals surface area contributed by atoms with Crippen molar-refractivity contribution in [3.05, 3.63) is 66.1 Å². The van der Waals surface area contributed by atoms with Crippen LogP contribution in [0.15, 0.2) is 54.6 Å². The minimum Gasteiger partial charge on any atom is -0.484 e. The summed E-state index contributed by atoms with van der Waals surface area (Å²) in [6.45, 7) is 4.31. The predicted octanol–water partition coefficient (Wildman–Crippen LogP) is 2.79. The summed E-state index contributed by atoms with van der Waals surface area (Å²) in [5.41, 5.74) is 0.921. The van der Waals surface area contributed by atoms with Gasteiger partial charge >= 0.3 is 0 Å². The fraction of sp³-hybridized carbons (Fsp3) is 0.273. The number of carbonyl (C=O) groups is 1. The zero-order valence-corrected chi connectivity index (χ0v) is 17.2. The molecule has 1 saturated heterocycles. The van der Waals surface area contributed by atoms with E-state index in [1.165, 1.54) is 24.3 Å². The lowest BCUT2D eigenvalue weighted by Gasteiger charge is -2.35. The Morgan fingerprint density at radius 2 is 1.77 bits per heavy atom. The van der Waals surface area contributed by atoms with E-state index in [4.69, 9.17) is 4.74 Å². The number of ether oxygens (including phenoxy) is 1. The number of rotatable bonds is 6. The number of aryl methyl sites for hydroxylation is 1. The normalized spacial score (nSPS) is 13.7. The first-order valence-corrected chi connectivity index (χ1v) is 10.0. The van der Waals surface area contributed by atoms with Gasteiger partial charge in [-0.25, -0.2) is 9.37 Å². The number of amides is 1. The van der Waals surface area contributed by atoms with Gasteiger partial charge < -0.3 is 19.9 Å². The van der Waals surface area contributed by atoms with Gasteiger partial charge in [0.1, 0.15) is 17.4 Å². The van der Waals surface area contributed by atoms with Crippen LogP contribution in [0.2, 0.25) is 0 Å². The maximum Gasteiger partial charge on any atom is 0.260 e. The van der Waals surface area contributed by atoms with Gasteiger partial charge in [-0.3, -0.25) is 4.79 Å². The first kappa shape index (κ1) is 20.5. The first-order chi connectivity index (χ1) is 15.1. The number of anilines is 3. The van der Waals surface area contributed by atoms with Crippen LogP contribution in [0.3, 0.4) is 0 Å². The van der Waals surface area contributed by atoms with Crippen LogP contribution in [0.25, 0.3) is 0 Å². The third kappa shape index (κ3) is 5.44. The van der Waals surface area contributed by atoms with Crippen molar-refractivity contribution in [3.8, 4) is 5.75 Å². The smallest absolute Gasteiger partial charge is 0.260 e. The lowest BCUT2D eigenvalue weighted by atomic mass is 10.3. The number of nitrogens with one attached hydrogen (secondary N) is 1. The van der Waals surface area contributed by atoms with Crippen LogP contribution in [0.1, 0.15) is 5.69 Å². The van der Waals surface area contributed by atoms with Gasteiger partial charge in [-0.2, -0.15) is 0 Å². The van der Waals surface area contributed by atoms with Gasteiger partial charge in [0, 0.05) is 31.9 Å². The number of nitrogens with zero attached hydrogens (tertiary/aromatic N) is 5. The first-order valence-electron chi connectivity index (χ1n) is 10.0. The van der Waals surface area contributed by atoms with E-state index < -0.39 is 0 Å². The number of hydrogen-bond acceptors (Lipinski definition) is 7. The molecule has 0 spiro atoms. The van der Waals surface area contributed by atoms with Crippen molar-refractivity contribution < 1.29 is 13.9 Å². The maximum absolute atomic E-state index is 12.9. The predicted molar refractivity (Wildman–Crippen MR) is 115 cm³/mol. The summed E-state index contributed by atoms with van der Waals surface area (Å²) in [6, 6.07) is 15.1. The molecule has 1 aromatic carbocycles. The van der Waals surface area contributed by atoms with E-state index >= 15 is 0 Å². The molecule has 0 radical (unpaired) electrons. The Morgan fingerprint density at radius 3 is 2.45 bits per heavy atom. The Morgan fingerprint density at radius 1 is 1.00 bits per heavy atom. The molecule has 0 unspecified atom stereocenters. The summed E-state index contributed by atoms with van der Waals surface area (Å²) >= 11 is 0. The molecule has 31 heavy (non-hydrogen) atoms. The van der Waals surface area contributed by atoms with Crippen molar-refractivity contribution in [1.29, 1.82) is 0 Å². The van der Waals surface area contributed by atoms with Crippen LogP contribution in [-0.2, 0) is 4.79 Å². The SMILES string of the molecule is Cc1cccc(Nc2ccc(N3CCN(C(=O)COc4ccc(F)cc4)CC3)nn2)n1. The van der Waals surface area contributed by atoms with E-state index in [0.29, 0.717) is 37.7 Å². The van der Waals surface area contributed by atoms with Gasteiger partial charge in [0.05, 0.1) is 0 Å². The molecule has 1 aliphatic heterocycles. The molecule has 8 nitrogen and oxygen atoms in total. The van der Waals surface area contributed by atoms with Crippen molar-refractivity contribution in [3.63, 3.8) is 0 Å². The third-order valence-corrected chi connectivity index (χ3v) is 4.93. The molecule has 9 heteroatoms. The Hall–Kier alpha value is -3.75. The van der Waals surface area contributed by atoms with Gasteiger partial charge in [-0.1, -0.05) is 6.07 Å². The van der Waals surface area contributed by atoms with Crippen LogP contribution in [0.4, 0.5) is 21.8 Å². The van der Waals surface area contributed by atoms with E-state index in [-0.39, 0.29) is 18.3 Å². The minimum absolute atomic E-state index is 0.0706. The number of pyridine rings is 1. The summed E-state index contributed by atoms with van der Waals surface area (Å²) in [7, 11) is 0. The van der Waals surface area contributed by atoms with Gasteiger partial charge in [-0.05, 0) is 55.5 Å². The lowest BCUT2D eigenvalue weighted by Crippen LogP contribution is -2.50. The van der Waals surface area contributed by atoms with E-state index in [2.05, 4.69) is 25.4 Å². The van der Waals surface area contributed by atoms with Crippen molar-refractivity contribution >= 4 is 23.4 Å². The molecular weight excluding hydrogens is 399 g/mol. The van der Waals surface area contributed by atoms with Crippen LogP contribution in [0.5, 0.6) is 5.75 Å². The molecule has 1 N–H and O–H groups in total. The van der Waals surface area contributed by atoms with E-state index in [1.807, 2.05) is 37.3 Å². The summed E-state index contributed by atoms with van der Waals surface area (Å²) in [5, 5.41) is 11.7. The van der Waals surface area contributed by atoms with Crippen molar-refractivity contribution in [2.24, 2.45) is 0 Å². The highest BCUT2D eigenvalue weighted by Crippen LogP contribution is 2.17. The number of piperazine rings is 1. The molecular formula is C22H23FN6O2. The summed E-state index contributed by atoms with van der Waals surface area (Å²) in [4.78, 5) is 20.6. The van der Waals surface area contributed by atoms with Gasteiger partial charge in [0.2, 0.25) is 0 Å². The Labute approximate surface area is 179 Å². The quantitative estimate of drug-likeness (QED) is 0.654. The molecule has 160 valence electrons.